The molecule has 3 aromatic rings. The van der Waals surface area contributed by atoms with Gasteiger partial charge in [0.05, 0.1) is 25.5 Å². The van der Waals surface area contributed by atoms with Gasteiger partial charge in [0.15, 0.2) is 6.29 Å². The monoisotopic (exact) mass is 584 g/mol. The van der Waals surface area contributed by atoms with E-state index in [0.29, 0.717) is 19.6 Å². The van der Waals surface area contributed by atoms with Crippen LogP contribution in [0.4, 0.5) is 5.69 Å². The van der Waals surface area contributed by atoms with Gasteiger partial charge in [-0.2, -0.15) is 0 Å². The summed E-state index contributed by atoms with van der Waals surface area (Å²) >= 11 is 0. The van der Waals surface area contributed by atoms with Crippen molar-refractivity contribution in [2.45, 2.75) is 63.4 Å². The van der Waals surface area contributed by atoms with Crippen molar-refractivity contribution >= 4 is 17.5 Å². The van der Waals surface area contributed by atoms with Crippen LogP contribution >= 0.6 is 0 Å². The maximum absolute atomic E-state index is 13.1. The van der Waals surface area contributed by atoms with Crippen molar-refractivity contribution in [3.63, 3.8) is 0 Å². The van der Waals surface area contributed by atoms with Gasteiger partial charge in [0.25, 0.3) is 0 Å². The average molecular weight is 585 g/mol. The summed E-state index contributed by atoms with van der Waals surface area (Å²) in [5.74, 6) is 0.0533. The fourth-order valence-electron chi connectivity index (χ4n) is 6.48. The van der Waals surface area contributed by atoms with Crippen LogP contribution in [-0.4, -0.2) is 59.8 Å². The molecule has 1 spiro atoms. The van der Waals surface area contributed by atoms with Crippen LogP contribution in [0.1, 0.15) is 60.8 Å². The van der Waals surface area contributed by atoms with E-state index < -0.39 is 11.8 Å². The number of aliphatic hydroxyl groups is 1. The fraction of sp³-hybridized carbons (Fsp3) is 0.412. The molecule has 3 aromatic carbocycles. The minimum atomic E-state index is -0.540. The Balaban J connectivity index is 1.16. The number of ether oxygens (including phenoxy) is 2. The molecule has 0 aliphatic carbocycles. The number of carbonyl (C=O) groups excluding carboxylic acids is 2. The van der Waals surface area contributed by atoms with Gasteiger partial charge in [-0.15, -0.1) is 0 Å². The molecule has 0 saturated carbocycles. The van der Waals surface area contributed by atoms with Gasteiger partial charge in [-0.3, -0.25) is 9.59 Å². The summed E-state index contributed by atoms with van der Waals surface area (Å²) in [5, 5.41) is 15.4. The smallest absolute Gasteiger partial charge is 0.247 e. The molecule has 0 unspecified atom stereocenters. The van der Waals surface area contributed by atoms with Crippen molar-refractivity contribution in [1.29, 1.82) is 0 Å². The Morgan fingerprint density at radius 3 is 2.30 bits per heavy atom. The van der Waals surface area contributed by atoms with E-state index in [0.717, 1.165) is 60.4 Å². The van der Waals surface area contributed by atoms with Crippen LogP contribution in [0.2, 0.25) is 0 Å². The highest BCUT2D eigenvalue weighted by Crippen LogP contribution is 2.40. The molecular weight excluding hydrogens is 544 g/mol. The van der Waals surface area contributed by atoms with E-state index in [1.807, 2.05) is 66.7 Å². The van der Waals surface area contributed by atoms with Crippen LogP contribution in [0.25, 0.3) is 0 Å². The van der Waals surface area contributed by atoms with Crippen molar-refractivity contribution in [2.24, 2.45) is 0 Å². The van der Waals surface area contributed by atoms with E-state index in [1.54, 1.807) is 0 Å². The molecule has 6 rings (SSSR count). The van der Waals surface area contributed by atoms with Crippen LogP contribution in [-0.2, 0) is 32.2 Å². The first-order valence-electron chi connectivity index (χ1n) is 15.1. The Hall–Kier alpha value is -3.76. The molecule has 9 nitrogen and oxygen atoms in total. The number of piperidine rings is 1. The van der Waals surface area contributed by atoms with E-state index in [4.69, 9.17) is 9.47 Å². The lowest BCUT2D eigenvalue weighted by molar-refractivity contribution is -0.253. The number of aliphatic hydroxyl groups excluding tert-OH is 1. The lowest BCUT2D eigenvalue weighted by Gasteiger charge is -2.45. The van der Waals surface area contributed by atoms with E-state index in [1.165, 1.54) is 6.92 Å². The van der Waals surface area contributed by atoms with E-state index in [9.17, 15) is 14.7 Å². The Morgan fingerprint density at radius 1 is 0.953 bits per heavy atom. The third-order valence-corrected chi connectivity index (χ3v) is 8.96. The summed E-state index contributed by atoms with van der Waals surface area (Å²) in [6, 6.07) is 26.1. The standard InChI is InChI=1S/C34H40N4O5/c1-24(40)35-20-25-7-13-28(14-8-25)32-42-30(19-31(43-32)27-11-9-26(22-39)10-12-27)21-37-17-15-34(16-18-37)33(41)36-23-38(34)29-5-3-2-4-6-29/h2-14,30-32,39H,15-23H2,1H3,(H,35,40)(H,36,41)/t30-,31+,32+/m1/s1. The van der Waals surface area contributed by atoms with Crippen LogP contribution in [0.15, 0.2) is 78.9 Å². The molecule has 2 amide bonds. The second-order valence-electron chi connectivity index (χ2n) is 11.8. The largest absolute Gasteiger partial charge is 0.392 e. The quantitative estimate of drug-likeness (QED) is 0.370. The molecule has 226 valence electrons. The number of nitrogens with zero attached hydrogens (tertiary/aromatic N) is 2. The van der Waals surface area contributed by atoms with Crippen molar-refractivity contribution in [2.75, 3.05) is 31.2 Å². The Bertz CT molecular complexity index is 1390. The van der Waals surface area contributed by atoms with Crippen LogP contribution in [0, 0.1) is 0 Å². The van der Waals surface area contributed by atoms with E-state index in [2.05, 4.69) is 32.6 Å². The maximum atomic E-state index is 13.1. The Kier molecular flexibility index (Phi) is 8.76. The predicted molar refractivity (Wildman–Crippen MR) is 163 cm³/mol. The van der Waals surface area contributed by atoms with E-state index >= 15 is 0 Å². The van der Waals surface area contributed by atoms with E-state index in [-0.39, 0.29) is 30.6 Å². The second-order valence-corrected chi connectivity index (χ2v) is 11.8. The SMILES string of the molecule is CC(=O)NCc1ccc([C@H]2O[C@@H](CN3CCC4(CC3)C(=O)NCN4c3ccccc3)C[C@@H](c3ccc(CO)cc3)O2)cc1. The number of benzene rings is 3. The molecule has 43 heavy (non-hydrogen) atoms. The van der Waals surface area contributed by atoms with Gasteiger partial charge in [0.2, 0.25) is 11.8 Å². The number of nitrogens with one attached hydrogen (secondary N) is 2. The Morgan fingerprint density at radius 2 is 1.63 bits per heavy atom. The van der Waals surface area contributed by atoms with Gasteiger partial charge in [0, 0.05) is 50.8 Å². The molecule has 0 radical (unpaired) electrons. The van der Waals surface area contributed by atoms with Crippen molar-refractivity contribution in [3.05, 3.63) is 101 Å². The topological polar surface area (TPSA) is 103 Å². The van der Waals surface area contributed by atoms with Gasteiger partial charge in [-0.1, -0.05) is 66.7 Å². The lowest BCUT2D eigenvalue weighted by Crippen LogP contribution is -2.57. The van der Waals surface area contributed by atoms with Crippen LogP contribution < -0.4 is 15.5 Å². The minimum Gasteiger partial charge on any atom is -0.392 e. The molecule has 3 saturated heterocycles. The summed E-state index contributed by atoms with van der Waals surface area (Å²) in [6.45, 7) is 4.87. The molecule has 0 bridgehead atoms. The summed E-state index contributed by atoms with van der Waals surface area (Å²) in [4.78, 5) is 29.1. The molecule has 3 fully saturated rings. The number of rotatable bonds is 8. The molecule has 9 heteroatoms. The zero-order chi connectivity index (χ0) is 29.8. The number of amides is 2. The number of hydrogen-bond acceptors (Lipinski definition) is 7. The summed E-state index contributed by atoms with van der Waals surface area (Å²) < 4.78 is 13.1. The highest BCUT2D eigenvalue weighted by molar-refractivity contribution is 5.93. The summed E-state index contributed by atoms with van der Waals surface area (Å²) in [5.41, 5.74) is 4.39. The number of likely N-dealkylation sites (tertiary alicyclic amines) is 1. The second kappa shape index (κ2) is 12.9. The lowest BCUT2D eigenvalue weighted by atomic mass is 9.85. The summed E-state index contributed by atoms with van der Waals surface area (Å²) in [6.07, 6.45) is 1.43. The maximum Gasteiger partial charge on any atom is 0.247 e. The van der Waals surface area contributed by atoms with Crippen LogP contribution in [0.5, 0.6) is 0 Å². The van der Waals surface area contributed by atoms with Gasteiger partial charge >= 0.3 is 0 Å². The first-order chi connectivity index (χ1) is 20.9. The molecule has 0 aromatic heterocycles. The number of para-hydroxylation sites is 1. The average Bonchev–Trinajstić information content (AvgIpc) is 3.36. The first-order valence-corrected chi connectivity index (χ1v) is 15.1. The Labute approximate surface area is 252 Å². The third-order valence-electron chi connectivity index (χ3n) is 8.96. The van der Waals surface area contributed by atoms with Crippen molar-refractivity contribution in [3.8, 4) is 0 Å². The highest BCUT2D eigenvalue weighted by Gasteiger charge is 2.50. The van der Waals surface area contributed by atoms with Crippen LogP contribution in [0.3, 0.4) is 0 Å². The van der Waals surface area contributed by atoms with Gasteiger partial charge < -0.3 is 35.0 Å². The molecule has 3 atom stereocenters. The summed E-state index contributed by atoms with van der Waals surface area (Å²) in [7, 11) is 0. The van der Waals surface area contributed by atoms with Gasteiger partial charge in [-0.05, 0) is 41.7 Å². The molecule has 3 heterocycles. The zero-order valence-corrected chi connectivity index (χ0v) is 24.6. The number of anilines is 1. The third kappa shape index (κ3) is 6.45. The number of carbonyl (C=O) groups is 2. The predicted octanol–water partition coefficient (Wildman–Crippen LogP) is 3.79. The van der Waals surface area contributed by atoms with Gasteiger partial charge in [0.1, 0.15) is 5.54 Å². The van der Waals surface area contributed by atoms with Gasteiger partial charge in [-0.25, -0.2) is 0 Å². The molecule has 3 aliphatic heterocycles. The minimum absolute atomic E-state index is 0.00116. The van der Waals surface area contributed by atoms with Crippen molar-refractivity contribution < 1.29 is 24.2 Å². The molecule has 3 aliphatic rings. The fourth-order valence-corrected chi connectivity index (χ4v) is 6.48. The van der Waals surface area contributed by atoms with Crippen molar-refractivity contribution in [1.82, 2.24) is 15.5 Å². The highest BCUT2D eigenvalue weighted by atomic mass is 16.7. The molecule has 3 N–H and O–H groups in total. The first kappa shape index (κ1) is 29.3. The number of hydrogen-bond donors (Lipinski definition) is 3. The normalized spacial score (nSPS) is 23.7. The zero-order valence-electron chi connectivity index (χ0n) is 24.6. The molecular formula is C34H40N4O5.